The van der Waals surface area contributed by atoms with Gasteiger partial charge in [0.15, 0.2) is 0 Å². The minimum absolute atomic E-state index is 0.0202. The number of nitrogens with one attached hydrogen (secondary N) is 1. The van der Waals surface area contributed by atoms with E-state index in [2.05, 4.69) is 25.7 Å². The smallest absolute Gasteiger partial charge is 0.337 e. The lowest BCUT2D eigenvalue weighted by molar-refractivity contribution is 0.0592. The van der Waals surface area contributed by atoms with Gasteiger partial charge in [0.2, 0.25) is 0 Å². The van der Waals surface area contributed by atoms with Crippen LogP contribution in [0.5, 0.6) is 5.75 Å². The second-order valence-corrected chi connectivity index (χ2v) is 10.3. The lowest BCUT2D eigenvalue weighted by Crippen LogP contribution is -2.25. The number of rotatable bonds is 15. The highest BCUT2D eigenvalue weighted by Gasteiger charge is 2.29. The molecule has 3 aromatic carbocycles. The third kappa shape index (κ3) is 8.46. The number of hydrogen-bond donors (Lipinski definition) is 1. The van der Waals surface area contributed by atoms with Crippen molar-refractivity contribution < 1.29 is 23.8 Å². The number of carbonyl (C=O) groups is 2. The topological polar surface area (TPSA) is 73.9 Å². The highest BCUT2D eigenvalue weighted by atomic mass is 16.5. The molecule has 0 aliphatic rings. The highest BCUT2D eigenvalue weighted by molar-refractivity contribution is 5.90. The molecule has 0 amide bonds. The zero-order valence-corrected chi connectivity index (χ0v) is 24.9. The molecular weight excluding hydrogens is 514 g/mol. The van der Waals surface area contributed by atoms with Gasteiger partial charge in [0, 0.05) is 11.6 Å². The third-order valence-corrected chi connectivity index (χ3v) is 7.76. The van der Waals surface area contributed by atoms with Gasteiger partial charge in [-0.3, -0.25) is 0 Å². The number of methoxy groups -OCH3 is 3. The van der Waals surface area contributed by atoms with Crippen LogP contribution in [-0.2, 0) is 9.47 Å². The molecule has 0 bridgehead atoms. The van der Waals surface area contributed by atoms with Crippen molar-refractivity contribution in [2.45, 2.75) is 52.0 Å². The van der Waals surface area contributed by atoms with Gasteiger partial charge in [0.25, 0.3) is 0 Å². The summed E-state index contributed by atoms with van der Waals surface area (Å²) >= 11 is 0. The van der Waals surface area contributed by atoms with Gasteiger partial charge in [-0.05, 0) is 77.6 Å². The molecule has 0 saturated carbocycles. The lowest BCUT2D eigenvalue weighted by atomic mass is 9.76. The van der Waals surface area contributed by atoms with Gasteiger partial charge in [0.05, 0.1) is 38.5 Å². The first-order chi connectivity index (χ1) is 19.8. The summed E-state index contributed by atoms with van der Waals surface area (Å²) in [5.74, 6) is 0.585. The summed E-state index contributed by atoms with van der Waals surface area (Å²) in [6, 6.07) is 22.8. The van der Waals surface area contributed by atoms with Crippen molar-refractivity contribution in [2.24, 2.45) is 11.8 Å². The zero-order chi connectivity index (χ0) is 29.8. The molecule has 0 spiro atoms. The minimum atomic E-state index is -0.367. The summed E-state index contributed by atoms with van der Waals surface area (Å²) in [4.78, 5) is 24.2. The Balaban J connectivity index is 2.08. The molecule has 218 valence electrons. The number of ether oxygens (including phenoxy) is 3. The van der Waals surface area contributed by atoms with Crippen molar-refractivity contribution in [1.29, 1.82) is 0 Å². The molecule has 3 aromatic rings. The van der Waals surface area contributed by atoms with Crippen LogP contribution >= 0.6 is 0 Å². The Hall–Kier alpha value is -4.06. The molecule has 0 fully saturated rings. The first-order valence-electron chi connectivity index (χ1n) is 14.3. The van der Waals surface area contributed by atoms with Gasteiger partial charge in [-0.15, -0.1) is 0 Å². The van der Waals surface area contributed by atoms with Crippen LogP contribution in [-0.4, -0.2) is 33.3 Å². The first kappa shape index (κ1) is 31.5. The van der Waals surface area contributed by atoms with Crippen LogP contribution < -0.4 is 10.1 Å². The van der Waals surface area contributed by atoms with E-state index >= 15 is 0 Å². The summed E-state index contributed by atoms with van der Waals surface area (Å²) < 4.78 is 15.2. The van der Waals surface area contributed by atoms with Crippen LogP contribution in [0.1, 0.15) is 83.8 Å². The van der Waals surface area contributed by atoms with Crippen LogP contribution in [0, 0.1) is 11.8 Å². The summed E-state index contributed by atoms with van der Waals surface area (Å²) in [7, 11) is 4.42. The quantitative estimate of drug-likeness (QED) is 0.189. The Labute approximate surface area is 244 Å². The Morgan fingerprint density at radius 1 is 0.780 bits per heavy atom. The number of carbonyl (C=O) groups excluding carboxylic acids is 2. The molecule has 6 nitrogen and oxygen atoms in total. The van der Waals surface area contributed by atoms with Crippen LogP contribution in [0.2, 0.25) is 0 Å². The summed E-state index contributed by atoms with van der Waals surface area (Å²) in [6.07, 6.45) is 5.48. The van der Waals surface area contributed by atoms with E-state index in [0.29, 0.717) is 17.0 Å². The van der Waals surface area contributed by atoms with E-state index < -0.39 is 0 Å². The monoisotopic (exact) mass is 557 g/mol. The maximum atomic E-state index is 12.2. The molecule has 0 saturated heterocycles. The highest BCUT2D eigenvalue weighted by Crippen LogP contribution is 2.41. The fourth-order valence-electron chi connectivity index (χ4n) is 5.20. The largest absolute Gasteiger partial charge is 0.497 e. The van der Waals surface area contributed by atoms with E-state index in [1.54, 1.807) is 19.2 Å². The van der Waals surface area contributed by atoms with Crippen LogP contribution in [0.25, 0.3) is 5.57 Å². The molecule has 3 rings (SSSR count). The van der Waals surface area contributed by atoms with Gasteiger partial charge in [-0.1, -0.05) is 70.4 Å². The molecular formula is C35H43NO5. The molecule has 1 N–H and O–H groups in total. The SMILES string of the molecule is C=C(c1ccc(C(=O)OC)cc1)[C@@H](CC(CC)CCCC)[C@@H](Nc1ccc(OC)cc1)c1ccc(C(=O)OC)cc1. The van der Waals surface area contributed by atoms with Gasteiger partial charge in [-0.2, -0.15) is 0 Å². The number of hydrogen-bond acceptors (Lipinski definition) is 6. The number of anilines is 1. The van der Waals surface area contributed by atoms with E-state index in [1.165, 1.54) is 20.6 Å². The summed E-state index contributed by atoms with van der Waals surface area (Å²) in [6.45, 7) is 9.09. The Kier molecular flexibility index (Phi) is 12.0. The number of esters is 2. The minimum Gasteiger partial charge on any atom is -0.497 e. The predicted molar refractivity (Wildman–Crippen MR) is 165 cm³/mol. The molecule has 0 aliphatic heterocycles. The fourth-order valence-corrected chi connectivity index (χ4v) is 5.20. The molecule has 0 aliphatic carbocycles. The summed E-state index contributed by atoms with van der Waals surface area (Å²) in [5, 5.41) is 3.78. The maximum Gasteiger partial charge on any atom is 0.337 e. The van der Waals surface area contributed by atoms with Gasteiger partial charge in [0.1, 0.15) is 5.75 Å². The average molecular weight is 558 g/mol. The lowest BCUT2D eigenvalue weighted by Gasteiger charge is -2.34. The van der Waals surface area contributed by atoms with Crippen LogP contribution in [0.4, 0.5) is 5.69 Å². The van der Waals surface area contributed by atoms with E-state index in [0.717, 1.165) is 53.8 Å². The first-order valence-corrected chi connectivity index (χ1v) is 14.3. The number of benzene rings is 3. The molecule has 0 aromatic heterocycles. The molecule has 3 atom stereocenters. The van der Waals surface area contributed by atoms with Crippen molar-refractivity contribution in [3.63, 3.8) is 0 Å². The molecule has 6 heteroatoms. The van der Waals surface area contributed by atoms with Gasteiger partial charge in [-0.25, -0.2) is 9.59 Å². The predicted octanol–water partition coefficient (Wildman–Crippen LogP) is 8.36. The second kappa shape index (κ2) is 15.7. The Bertz CT molecular complexity index is 1270. The standard InChI is InChI=1S/C35H43NO5/c1-7-9-10-25(8-2)23-32(24(3)26-11-15-28(16-12-26)34(37)40-5)33(36-30-19-21-31(39-4)22-20-30)27-13-17-29(18-14-27)35(38)41-6/h11-22,25,32-33,36H,3,7-10,23H2,1-2,4-6H3/t25?,32-,33+/m1/s1. The normalized spacial score (nSPS) is 13.0. The van der Waals surface area contributed by atoms with Gasteiger partial charge >= 0.3 is 11.9 Å². The Morgan fingerprint density at radius 3 is 1.80 bits per heavy atom. The van der Waals surface area contributed by atoms with E-state index in [-0.39, 0.29) is 23.9 Å². The van der Waals surface area contributed by atoms with E-state index in [1.807, 2.05) is 60.7 Å². The molecule has 0 radical (unpaired) electrons. The average Bonchev–Trinajstić information content (AvgIpc) is 3.03. The molecule has 0 heterocycles. The van der Waals surface area contributed by atoms with Crippen molar-refractivity contribution in [3.8, 4) is 5.75 Å². The maximum absolute atomic E-state index is 12.2. The molecule has 1 unspecified atom stereocenters. The van der Waals surface area contributed by atoms with E-state index in [9.17, 15) is 9.59 Å². The number of unbranched alkanes of at least 4 members (excludes halogenated alkanes) is 1. The fraction of sp³-hybridized carbons (Fsp3) is 0.371. The Morgan fingerprint density at radius 2 is 1.32 bits per heavy atom. The van der Waals surface area contributed by atoms with E-state index in [4.69, 9.17) is 14.2 Å². The van der Waals surface area contributed by atoms with Crippen LogP contribution in [0.3, 0.4) is 0 Å². The van der Waals surface area contributed by atoms with Crippen molar-refractivity contribution in [1.82, 2.24) is 0 Å². The summed E-state index contributed by atoms with van der Waals surface area (Å²) in [5.41, 5.74) is 4.95. The second-order valence-electron chi connectivity index (χ2n) is 10.3. The molecule has 41 heavy (non-hydrogen) atoms. The third-order valence-electron chi connectivity index (χ3n) is 7.76. The zero-order valence-electron chi connectivity index (χ0n) is 24.9. The van der Waals surface area contributed by atoms with Crippen LogP contribution in [0.15, 0.2) is 79.4 Å². The van der Waals surface area contributed by atoms with Crippen molar-refractivity contribution >= 4 is 23.2 Å². The van der Waals surface area contributed by atoms with Crippen molar-refractivity contribution in [3.05, 3.63) is 102 Å². The van der Waals surface area contributed by atoms with Crippen molar-refractivity contribution in [2.75, 3.05) is 26.6 Å². The van der Waals surface area contributed by atoms with Gasteiger partial charge < -0.3 is 19.5 Å².